The summed E-state index contributed by atoms with van der Waals surface area (Å²) >= 11 is 0. The van der Waals surface area contributed by atoms with E-state index in [2.05, 4.69) is 5.32 Å². The fraction of sp³-hybridized carbons (Fsp3) is 0.391. The van der Waals surface area contributed by atoms with Crippen molar-refractivity contribution in [3.05, 3.63) is 71.3 Å². The van der Waals surface area contributed by atoms with E-state index in [-0.39, 0.29) is 25.0 Å². The molecule has 1 N–H and O–H groups in total. The molecule has 0 aliphatic rings. The molecule has 0 fully saturated rings. The molecular weight excluding hydrogens is 354 g/mol. The van der Waals surface area contributed by atoms with Crippen molar-refractivity contribution in [3.8, 4) is 0 Å². The molecule has 0 radical (unpaired) electrons. The third kappa shape index (κ3) is 8.25. The molecule has 1 amide bonds. The van der Waals surface area contributed by atoms with E-state index in [1.165, 1.54) is 0 Å². The molecule has 0 spiro atoms. The van der Waals surface area contributed by atoms with E-state index in [4.69, 9.17) is 9.47 Å². The van der Waals surface area contributed by atoms with Crippen LogP contribution in [0.5, 0.6) is 0 Å². The van der Waals surface area contributed by atoms with Crippen LogP contribution in [0, 0.1) is 0 Å². The zero-order chi connectivity index (χ0) is 20.6. The van der Waals surface area contributed by atoms with Gasteiger partial charge in [0.25, 0.3) is 0 Å². The molecule has 0 aliphatic heterocycles. The molecule has 2 aromatic carbocycles. The number of hydrogen-bond donors (Lipinski definition) is 1. The summed E-state index contributed by atoms with van der Waals surface area (Å²) < 4.78 is 10.6. The van der Waals surface area contributed by atoms with E-state index in [1.54, 1.807) is 0 Å². The lowest BCUT2D eigenvalue weighted by Crippen LogP contribution is -2.38. The van der Waals surface area contributed by atoms with Crippen LogP contribution in [0.3, 0.4) is 0 Å². The van der Waals surface area contributed by atoms with E-state index in [9.17, 15) is 9.59 Å². The maximum absolute atomic E-state index is 12.0. The van der Waals surface area contributed by atoms with Gasteiger partial charge in [-0.05, 0) is 50.8 Å². The highest BCUT2D eigenvalue weighted by Gasteiger charge is 2.17. The Morgan fingerprint density at radius 1 is 0.929 bits per heavy atom. The summed E-state index contributed by atoms with van der Waals surface area (Å²) in [4.78, 5) is 23.8. The fourth-order valence-corrected chi connectivity index (χ4v) is 2.66. The number of hydrogen-bond acceptors (Lipinski definition) is 4. The Kier molecular flexibility index (Phi) is 7.61. The lowest BCUT2D eigenvalue weighted by Gasteiger charge is -2.22. The number of benzene rings is 2. The number of carbonyl (C=O) groups excluding carboxylic acids is 2. The number of rotatable bonds is 7. The van der Waals surface area contributed by atoms with Crippen molar-refractivity contribution in [1.29, 1.82) is 0 Å². The van der Waals surface area contributed by atoms with Crippen molar-refractivity contribution in [2.45, 2.75) is 58.8 Å². The van der Waals surface area contributed by atoms with Gasteiger partial charge in [0.1, 0.15) is 12.2 Å². The van der Waals surface area contributed by atoms with E-state index < -0.39 is 11.7 Å². The molecule has 0 bridgehead atoms. The minimum atomic E-state index is -0.513. The molecule has 150 valence electrons. The van der Waals surface area contributed by atoms with Crippen LogP contribution in [0.25, 0.3) is 0 Å². The van der Waals surface area contributed by atoms with Crippen molar-refractivity contribution in [1.82, 2.24) is 5.32 Å². The summed E-state index contributed by atoms with van der Waals surface area (Å²) in [5.41, 5.74) is 2.43. The predicted molar refractivity (Wildman–Crippen MR) is 109 cm³/mol. The van der Waals surface area contributed by atoms with Gasteiger partial charge in [0.2, 0.25) is 0 Å². The van der Waals surface area contributed by atoms with E-state index in [0.717, 1.165) is 16.7 Å². The average Bonchev–Trinajstić information content (AvgIpc) is 2.61. The predicted octanol–water partition coefficient (Wildman–Crippen LogP) is 4.43. The van der Waals surface area contributed by atoms with Crippen molar-refractivity contribution in [2.24, 2.45) is 0 Å². The van der Waals surface area contributed by atoms with Crippen LogP contribution in [-0.2, 0) is 33.7 Å². The van der Waals surface area contributed by atoms with Gasteiger partial charge in [-0.25, -0.2) is 4.79 Å². The zero-order valence-corrected chi connectivity index (χ0v) is 17.0. The first-order valence-electron chi connectivity index (χ1n) is 9.48. The summed E-state index contributed by atoms with van der Waals surface area (Å²) in [5, 5.41) is 2.83. The Hall–Kier alpha value is -2.82. The highest BCUT2D eigenvalue weighted by molar-refractivity contribution is 5.72. The zero-order valence-electron chi connectivity index (χ0n) is 17.0. The van der Waals surface area contributed by atoms with Gasteiger partial charge in [0.15, 0.2) is 0 Å². The Balaban J connectivity index is 1.77. The first-order chi connectivity index (χ1) is 13.2. The van der Waals surface area contributed by atoms with Gasteiger partial charge in [-0.1, -0.05) is 54.6 Å². The molecule has 5 heteroatoms. The first-order valence-corrected chi connectivity index (χ1v) is 9.48. The van der Waals surface area contributed by atoms with Gasteiger partial charge in [-0.15, -0.1) is 0 Å². The Labute approximate surface area is 167 Å². The summed E-state index contributed by atoms with van der Waals surface area (Å²) in [6.07, 6.45) is 0.495. The molecule has 0 heterocycles. The van der Waals surface area contributed by atoms with Crippen LogP contribution in [0.2, 0.25) is 0 Å². The summed E-state index contributed by atoms with van der Waals surface area (Å²) in [5.74, 6) is -0.253. The standard InChI is InChI=1S/C23H29NO4/c1-17(24-22(26)28-23(2,3)4)14-18-10-12-19(13-11-18)15-21(25)27-16-20-8-6-5-7-9-20/h5-13,17H,14-16H2,1-4H3,(H,24,26)/t17-/m1/s1. The molecular formula is C23H29NO4. The SMILES string of the molecule is C[C@H](Cc1ccc(CC(=O)OCc2ccccc2)cc1)NC(=O)OC(C)(C)C. The third-order valence-corrected chi connectivity index (χ3v) is 3.92. The van der Waals surface area contributed by atoms with Crippen molar-refractivity contribution < 1.29 is 19.1 Å². The number of ether oxygens (including phenoxy) is 2. The van der Waals surface area contributed by atoms with E-state index in [1.807, 2.05) is 82.3 Å². The number of alkyl carbamates (subject to hydrolysis) is 1. The summed E-state index contributed by atoms with van der Waals surface area (Å²) in [6.45, 7) is 7.72. The summed E-state index contributed by atoms with van der Waals surface area (Å²) in [7, 11) is 0. The summed E-state index contributed by atoms with van der Waals surface area (Å²) in [6, 6.07) is 17.3. The van der Waals surface area contributed by atoms with Gasteiger partial charge in [0, 0.05) is 6.04 Å². The van der Waals surface area contributed by atoms with Gasteiger partial charge < -0.3 is 14.8 Å². The maximum Gasteiger partial charge on any atom is 0.407 e. The molecule has 2 aromatic rings. The van der Waals surface area contributed by atoms with Crippen LogP contribution >= 0.6 is 0 Å². The first kappa shape index (κ1) is 21.5. The van der Waals surface area contributed by atoms with E-state index in [0.29, 0.717) is 6.42 Å². The van der Waals surface area contributed by atoms with Crippen LogP contribution in [-0.4, -0.2) is 23.7 Å². The van der Waals surface area contributed by atoms with Crippen molar-refractivity contribution in [2.75, 3.05) is 0 Å². The molecule has 0 unspecified atom stereocenters. The monoisotopic (exact) mass is 383 g/mol. The minimum Gasteiger partial charge on any atom is -0.461 e. The molecule has 0 saturated carbocycles. The van der Waals surface area contributed by atoms with E-state index >= 15 is 0 Å². The topological polar surface area (TPSA) is 64.6 Å². The van der Waals surface area contributed by atoms with Gasteiger partial charge >= 0.3 is 12.1 Å². The van der Waals surface area contributed by atoms with Crippen molar-refractivity contribution >= 4 is 12.1 Å². The Morgan fingerprint density at radius 3 is 2.14 bits per heavy atom. The number of carbonyl (C=O) groups is 2. The lowest BCUT2D eigenvalue weighted by molar-refractivity contribution is -0.144. The Morgan fingerprint density at radius 2 is 1.54 bits per heavy atom. The van der Waals surface area contributed by atoms with Crippen LogP contribution < -0.4 is 5.32 Å². The van der Waals surface area contributed by atoms with Gasteiger partial charge in [-0.3, -0.25) is 4.79 Å². The Bertz CT molecular complexity index is 763. The smallest absolute Gasteiger partial charge is 0.407 e. The fourth-order valence-electron chi connectivity index (χ4n) is 2.66. The second-order valence-electron chi connectivity index (χ2n) is 7.89. The second-order valence-corrected chi connectivity index (χ2v) is 7.89. The van der Waals surface area contributed by atoms with Crippen molar-refractivity contribution in [3.63, 3.8) is 0 Å². The van der Waals surface area contributed by atoms with Crippen LogP contribution in [0.15, 0.2) is 54.6 Å². The molecule has 0 aromatic heterocycles. The molecule has 1 atom stereocenters. The van der Waals surface area contributed by atoms with Gasteiger partial charge in [-0.2, -0.15) is 0 Å². The van der Waals surface area contributed by atoms with Gasteiger partial charge in [0.05, 0.1) is 6.42 Å². The highest BCUT2D eigenvalue weighted by Crippen LogP contribution is 2.11. The quantitative estimate of drug-likeness (QED) is 0.719. The lowest BCUT2D eigenvalue weighted by atomic mass is 10.0. The molecule has 0 aliphatic carbocycles. The molecule has 0 saturated heterocycles. The average molecular weight is 383 g/mol. The van der Waals surface area contributed by atoms with Crippen LogP contribution in [0.4, 0.5) is 4.79 Å². The second kappa shape index (κ2) is 9.93. The number of esters is 1. The normalized spacial score (nSPS) is 12.1. The number of amides is 1. The molecule has 2 rings (SSSR count). The maximum atomic E-state index is 12.0. The highest BCUT2D eigenvalue weighted by atomic mass is 16.6. The number of nitrogens with one attached hydrogen (secondary N) is 1. The minimum absolute atomic E-state index is 0.0588. The third-order valence-electron chi connectivity index (χ3n) is 3.92. The largest absolute Gasteiger partial charge is 0.461 e. The molecule has 28 heavy (non-hydrogen) atoms. The van der Waals surface area contributed by atoms with Crippen LogP contribution in [0.1, 0.15) is 44.4 Å². The molecule has 5 nitrogen and oxygen atoms in total.